The lowest BCUT2D eigenvalue weighted by molar-refractivity contribution is 0.367. The van der Waals surface area contributed by atoms with Crippen LogP contribution in [0.4, 0.5) is 0 Å². The van der Waals surface area contributed by atoms with Gasteiger partial charge in [-0.05, 0) is 44.9 Å². The van der Waals surface area contributed by atoms with Crippen molar-refractivity contribution in [1.29, 1.82) is 0 Å². The van der Waals surface area contributed by atoms with Crippen molar-refractivity contribution in [2.75, 3.05) is 0 Å². The minimum atomic E-state index is 0.0735. The Kier molecular flexibility index (Phi) is 10.4. The molecule has 0 aromatic heterocycles. The zero-order valence-corrected chi connectivity index (χ0v) is 15.4. The predicted octanol–water partition coefficient (Wildman–Crippen LogP) is 5.53. The van der Waals surface area contributed by atoms with Gasteiger partial charge in [-0.3, -0.25) is 0 Å². The van der Waals surface area contributed by atoms with E-state index in [-0.39, 0.29) is 5.54 Å². The van der Waals surface area contributed by atoms with Crippen molar-refractivity contribution in [3.05, 3.63) is 0 Å². The lowest BCUT2D eigenvalue weighted by Gasteiger charge is -2.24. The van der Waals surface area contributed by atoms with E-state index in [1.165, 1.54) is 96.3 Å². The first-order chi connectivity index (χ1) is 10.5. The highest BCUT2D eigenvalue weighted by atomic mass is 14.7. The Labute approximate surface area is 139 Å². The summed E-state index contributed by atoms with van der Waals surface area (Å²) in [6, 6.07) is 0.485. The average molecular weight is 311 g/mol. The van der Waals surface area contributed by atoms with E-state index in [1.54, 1.807) is 0 Å². The van der Waals surface area contributed by atoms with Crippen LogP contribution in [-0.4, -0.2) is 11.6 Å². The highest BCUT2D eigenvalue weighted by molar-refractivity contribution is 4.78. The fourth-order valence-corrected chi connectivity index (χ4v) is 3.94. The van der Waals surface area contributed by atoms with Crippen molar-refractivity contribution >= 4 is 0 Å². The Bertz CT molecular complexity index is 256. The summed E-state index contributed by atoms with van der Waals surface area (Å²) in [5, 5.41) is 0. The highest BCUT2D eigenvalue weighted by Crippen LogP contribution is 2.28. The van der Waals surface area contributed by atoms with Gasteiger partial charge < -0.3 is 11.5 Å². The van der Waals surface area contributed by atoms with Crippen LogP contribution in [-0.2, 0) is 0 Å². The predicted molar refractivity (Wildman–Crippen MR) is 99.0 cm³/mol. The lowest BCUT2D eigenvalue weighted by Crippen LogP contribution is -2.35. The van der Waals surface area contributed by atoms with Gasteiger partial charge in [0.25, 0.3) is 0 Å². The van der Waals surface area contributed by atoms with Crippen LogP contribution < -0.4 is 11.5 Å². The molecule has 0 aromatic carbocycles. The van der Waals surface area contributed by atoms with Gasteiger partial charge in [0.1, 0.15) is 0 Å². The Morgan fingerprint density at radius 2 is 1.45 bits per heavy atom. The normalized spacial score (nSPS) is 20.2. The van der Waals surface area contributed by atoms with Crippen LogP contribution in [0.2, 0.25) is 0 Å². The van der Waals surface area contributed by atoms with Gasteiger partial charge in [-0.15, -0.1) is 0 Å². The van der Waals surface area contributed by atoms with Gasteiger partial charge in [0.05, 0.1) is 0 Å². The summed E-state index contributed by atoms with van der Waals surface area (Å²) in [6.45, 7) is 4.47. The smallest absolute Gasteiger partial charge is 0.0125 e. The molecule has 0 saturated heterocycles. The van der Waals surface area contributed by atoms with Crippen molar-refractivity contribution in [2.45, 2.75) is 122 Å². The zero-order valence-electron chi connectivity index (χ0n) is 15.4. The van der Waals surface area contributed by atoms with Gasteiger partial charge in [-0.2, -0.15) is 0 Å². The molecule has 2 atom stereocenters. The number of nitrogens with two attached hydrogens (primary N) is 2. The van der Waals surface area contributed by atoms with E-state index in [0.717, 1.165) is 5.92 Å². The van der Waals surface area contributed by atoms with Crippen LogP contribution in [0.25, 0.3) is 0 Å². The molecule has 0 heterocycles. The minimum absolute atomic E-state index is 0.0735. The van der Waals surface area contributed by atoms with E-state index in [9.17, 15) is 0 Å². The molecule has 1 aliphatic rings. The standard InChI is InChI=1S/C20H42N2/c1-3-4-16-20(2,22)17-12-8-6-5-7-9-15-19(21)18-13-10-11-14-18/h18-19H,3-17,21-22H2,1-2H3. The second-order valence-electron chi connectivity index (χ2n) is 8.13. The number of hydrogen-bond donors (Lipinski definition) is 2. The third-order valence-electron chi connectivity index (χ3n) is 5.64. The van der Waals surface area contributed by atoms with E-state index < -0.39 is 0 Å². The molecule has 132 valence electrons. The molecule has 1 saturated carbocycles. The first-order valence-corrected chi connectivity index (χ1v) is 10.1. The molecule has 2 unspecified atom stereocenters. The lowest BCUT2D eigenvalue weighted by atomic mass is 9.89. The maximum Gasteiger partial charge on any atom is 0.0125 e. The van der Waals surface area contributed by atoms with Crippen molar-refractivity contribution in [2.24, 2.45) is 17.4 Å². The molecule has 1 rings (SSSR count). The van der Waals surface area contributed by atoms with Gasteiger partial charge in [0.15, 0.2) is 0 Å². The van der Waals surface area contributed by atoms with Crippen LogP contribution >= 0.6 is 0 Å². The molecule has 1 fully saturated rings. The molecule has 0 bridgehead atoms. The van der Waals surface area contributed by atoms with Crippen LogP contribution in [0.5, 0.6) is 0 Å². The molecule has 0 radical (unpaired) electrons. The molecular weight excluding hydrogens is 268 g/mol. The van der Waals surface area contributed by atoms with Crippen LogP contribution in [0.1, 0.15) is 110 Å². The summed E-state index contributed by atoms with van der Waals surface area (Å²) in [4.78, 5) is 0. The molecule has 0 amide bonds. The number of hydrogen-bond acceptors (Lipinski definition) is 2. The maximum absolute atomic E-state index is 6.34. The zero-order chi connectivity index (χ0) is 16.3. The second-order valence-corrected chi connectivity index (χ2v) is 8.13. The number of rotatable bonds is 13. The summed E-state index contributed by atoms with van der Waals surface area (Å²) in [5.74, 6) is 0.838. The maximum atomic E-state index is 6.34. The van der Waals surface area contributed by atoms with Crippen molar-refractivity contribution < 1.29 is 0 Å². The first-order valence-electron chi connectivity index (χ1n) is 10.1. The van der Waals surface area contributed by atoms with E-state index in [2.05, 4.69) is 13.8 Å². The molecule has 4 N–H and O–H groups in total. The van der Waals surface area contributed by atoms with Gasteiger partial charge in [0.2, 0.25) is 0 Å². The Morgan fingerprint density at radius 1 is 0.909 bits per heavy atom. The van der Waals surface area contributed by atoms with Crippen LogP contribution in [0.3, 0.4) is 0 Å². The third kappa shape index (κ3) is 9.15. The fourth-order valence-electron chi connectivity index (χ4n) is 3.94. The minimum Gasteiger partial charge on any atom is -0.327 e. The number of unbranched alkanes of at least 4 members (excludes halogenated alkanes) is 6. The summed E-state index contributed by atoms with van der Waals surface area (Å²) >= 11 is 0. The Morgan fingerprint density at radius 3 is 2.09 bits per heavy atom. The molecule has 22 heavy (non-hydrogen) atoms. The molecular formula is C20H42N2. The fraction of sp³-hybridized carbons (Fsp3) is 1.00. The molecule has 0 spiro atoms. The van der Waals surface area contributed by atoms with Crippen molar-refractivity contribution in [3.63, 3.8) is 0 Å². The van der Waals surface area contributed by atoms with Gasteiger partial charge in [-0.25, -0.2) is 0 Å². The van der Waals surface area contributed by atoms with E-state index in [0.29, 0.717) is 6.04 Å². The topological polar surface area (TPSA) is 52.0 Å². The van der Waals surface area contributed by atoms with E-state index >= 15 is 0 Å². The van der Waals surface area contributed by atoms with Gasteiger partial charge >= 0.3 is 0 Å². The van der Waals surface area contributed by atoms with E-state index in [1.807, 2.05) is 0 Å². The highest BCUT2D eigenvalue weighted by Gasteiger charge is 2.21. The third-order valence-corrected chi connectivity index (χ3v) is 5.64. The summed E-state index contributed by atoms with van der Waals surface area (Å²) in [7, 11) is 0. The summed E-state index contributed by atoms with van der Waals surface area (Å²) in [5.41, 5.74) is 12.7. The molecule has 0 aromatic rings. The average Bonchev–Trinajstić information content (AvgIpc) is 3.02. The Balaban J connectivity index is 1.89. The monoisotopic (exact) mass is 310 g/mol. The van der Waals surface area contributed by atoms with Crippen LogP contribution in [0.15, 0.2) is 0 Å². The SMILES string of the molecule is CCCCC(C)(N)CCCCCCCCC(N)C1CCCC1. The quantitative estimate of drug-likeness (QED) is 0.439. The molecule has 2 heteroatoms. The summed E-state index contributed by atoms with van der Waals surface area (Å²) < 4.78 is 0. The first kappa shape index (κ1) is 20.0. The van der Waals surface area contributed by atoms with Gasteiger partial charge in [0, 0.05) is 11.6 Å². The van der Waals surface area contributed by atoms with Crippen molar-refractivity contribution in [1.82, 2.24) is 0 Å². The molecule has 1 aliphatic carbocycles. The summed E-state index contributed by atoms with van der Waals surface area (Å²) in [6.07, 6.45) is 19.9. The Hall–Kier alpha value is -0.0800. The van der Waals surface area contributed by atoms with Gasteiger partial charge in [-0.1, -0.05) is 71.1 Å². The van der Waals surface area contributed by atoms with E-state index in [4.69, 9.17) is 11.5 Å². The van der Waals surface area contributed by atoms with Crippen molar-refractivity contribution in [3.8, 4) is 0 Å². The molecule has 2 nitrogen and oxygen atoms in total. The second kappa shape index (κ2) is 11.5. The van der Waals surface area contributed by atoms with Crippen LogP contribution in [0, 0.1) is 5.92 Å². The molecule has 0 aliphatic heterocycles. The largest absolute Gasteiger partial charge is 0.327 e.